The van der Waals surface area contributed by atoms with Gasteiger partial charge in [-0.15, -0.1) is 0 Å². The van der Waals surface area contributed by atoms with E-state index >= 15 is 0 Å². The lowest BCUT2D eigenvalue weighted by molar-refractivity contribution is -0.0586. The summed E-state index contributed by atoms with van der Waals surface area (Å²) in [5, 5.41) is 36.4. The van der Waals surface area contributed by atoms with E-state index < -0.39 is 24.4 Å². The Morgan fingerprint density at radius 1 is 1.25 bits per heavy atom. The molecule has 1 aliphatic rings. The summed E-state index contributed by atoms with van der Waals surface area (Å²) in [6.07, 6.45) is -3.56. The number of rotatable bonds is 1. The van der Waals surface area contributed by atoms with Crippen molar-refractivity contribution in [3.8, 4) is 0 Å². The second-order valence-corrected chi connectivity index (χ2v) is 2.95. The van der Waals surface area contributed by atoms with Gasteiger partial charge < -0.3 is 20.4 Å². The van der Waals surface area contributed by atoms with Crippen LogP contribution in [0.1, 0.15) is 6.92 Å². The van der Waals surface area contributed by atoms with Crippen LogP contribution in [0.4, 0.5) is 0 Å². The zero-order chi connectivity index (χ0) is 9.30. The van der Waals surface area contributed by atoms with E-state index in [2.05, 4.69) is 4.99 Å². The van der Waals surface area contributed by atoms with Gasteiger partial charge in [0.1, 0.15) is 24.4 Å². The maximum atomic E-state index is 9.25. The molecule has 0 fully saturated rings. The third-order valence-corrected chi connectivity index (χ3v) is 2.05. The van der Waals surface area contributed by atoms with Gasteiger partial charge in [0.25, 0.3) is 0 Å². The highest BCUT2D eigenvalue weighted by molar-refractivity contribution is 5.87. The molecule has 0 aromatic carbocycles. The number of nitrogens with zero attached hydrogens (tertiary/aromatic N) is 1. The molecule has 0 aliphatic carbocycles. The molecule has 0 aromatic heterocycles. The minimum atomic E-state index is -1.25. The predicted molar refractivity (Wildman–Crippen MR) is 42.0 cm³/mol. The number of hydrogen-bond donors (Lipinski definition) is 4. The predicted octanol–water partition coefficient (Wildman–Crippen LogP) is -2.10. The first-order chi connectivity index (χ1) is 5.57. The topological polar surface area (TPSA) is 93.3 Å². The molecule has 5 nitrogen and oxygen atoms in total. The van der Waals surface area contributed by atoms with E-state index in [9.17, 15) is 15.3 Å². The van der Waals surface area contributed by atoms with Crippen molar-refractivity contribution in [2.24, 2.45) is 4.99 Å². The first-order valence-electron chi connectivity index (χ1n) is 3.77. The van der Waals surface area contributed by atoms with Gasteiger partial charge in [-0.1, -0.05) is 0 Å². The molecule has 1 heterocycles. The second-order valence-electron chi connectivity index (χ2n) is 2.95. The fraction of sp³-hybridized carbons (Fsp3) is 0.857. The highest BCUT2D eigenvalue weighted by Gasteiger charge is 2.36. The van der Waals surface area contributed by atoms with Crippen LogP contribution < -0.4 is 0 Å². The molecule has 0 saturated carbocycles. The summed E-state index contributed by atoms with van der Waals surface area (Å²) in [7, 11) is 0. The highest BCUT2D eigenvalue weighted by atomic mass is 16.4. The lowest BCUT2D eigenvalue weighted by Gasteiger charge is -2.31. The van der Waals surface area contributed by atoms with Crippen LogP contribution in [0, 0.1) is 0 Å². The number of aliphatic imine (C=N–C) groups is 1. The van der Waals surface area contributed by atoms with Crippen molar-refractivity contribution in [2.45, 2.75) is 31.3 Å². The minimum absolute atomic E-state index is 0.331. The molecule has 4 unspecified atom stereocenters. The largest absolute Gasteiger partial charge is 0.394 e. The van der Waals surface area contributed by atoms with Crippen molar-refractivity contribution < 1.29 is 20.4 Å². The Bertz CT molecular complexity index is 194. The number of aliphatic hydroxyl groups excluding tert-OH is 4. The smallest absolute Gasteiger partial charge is 0.120 e. The maximum Gasteiger partial charge on any atom is 0.120 e. The summed E-state index contributed by atoms with van der Waals surface area (Å²) in [5.74, 6) is 0. The fourth-order valence-corrected chi connectivity index (χ4v) is 1.22. The summed E-state index contributed by atoms with van der Waals surface area (Å²) < 4.78 is 0. The second kappa shape index (κ2) is 3.49. The SMILES string of the molecule is CC1=NC(CO)C(O)C(O)C1O. The third kappa shape index (κ3) is 1.49. The van der Waals surface area contributed by atoms with Gasteiger partial charge in [0.05, 0.1) is 6.61 Å². The molecule has 0 spiro atoms. The Kier molecular flexibility index (Phi) is 2.79. The summed E-state index contributed by atoms with van der Waals surface area (Å²) in [6, 6.07) is -0.719. The van der Waals surface area contributed by atoms with Gasteiger partial charge >= 0.3 is 0 Å². The Morgan fingerprint density at radius 2 is 1.83 bits per heavy atom. The first-order valence-corrected chi connectivity index (χ1v) is 3.77. The Hall–Kier alpha value is -0.490. The van der Waals surface area contributed by atoms with Gasteiger partial charge in [0, 0.05) is 5.71 Å². The Balaban J connectivity index is 2.83. The van der Waals surface area contributed by atoms with Crippen LogP contribution in [-0.4, -0.2) is 57.1 Å². The molecular weight excluding hydrogens is 162 g/mol. The van der Waals surface area contributed by atoms with Gasteiger partial charge in [-0.2, -0.15) is 0 Å². The van der Waals surface area contributed by atoms with Crippen LogP contribution in [0.5, 0.6) is 0 Å². The van der Waals surface area contributed by atoms with E-state index in [1.807, 2.05) is 0 Å². The molecular formula is C7H13NO4. The third-order valence-electron chi connectivity index (χ3n) is 2.05. The van der Waals surface area contributed by atoms with Crippen molar-refractivity contribution in [1.29, 1.82) is 0 Å². The molecule has 0 amide bonds. The van der Waals surface area contributed by atoms with Gasteiger partial charge in [-0.25, -0.2) is 0 Å². The Morgan fingerprint density at radius 3 is 2.33 bits per heavy atom. The van der Waals surface area contributed by atoms with Crippen LogP contribution in [-0.2, 0) is 0 Å². The molecule has 5 heteroatoms. The fourth-order valence-electron chi connectivity index (χ4n) is 1.22. The zero-order valence-corrected chi connectivity index (χ0v) is 6.75. The summed E-state index contributed by atoms with van der Waals surface area (Å²) in [4.78, 5) is 3.82. The van der Waals surface area contributed by atoms with Crippen LogP contribution in [0.15, 0.2) is 4.99 Å². The van der Waals surface area contributed by atoms with Crippen LogP contribution in [0.3, 0.4) is 0 Å². The van der Waals surface area contributed by atoms with Crippen molar-refractivity contribution in [3.63, 3.8) is 0 Å². The summed E-state index contributed by atoms with van der Waals surface area (Å²) in [5.41, 5.74) is 0.340. The van der Waals surface area contributed by atoms with Gasteiger partial charge in [0.15, 0.2) is 0 Å². The molecule has 0 saturated heterocycles. The van der Waals surface area contributed by atoms with E-state index in [0.29, 0.717) is 5.71 Å². The van der Waals surface area contributed by atoms with Crippen molar-refractivity contribution in [1.82, 2.24) is 0 Å². The maximum absolute atomic E-state index is 9.25. The molecule has 0 bridgehead atoms. The molecule has 1 aliphatic heterocycles. The van der Waals surface area contributed by atoms with Gasteiger partial charge in [0.2, 0.25) is 0 Å². The van der Waals surface area contributed by atoms with Crippen LogP contribution in [0.25, 0.3) is 0 Å². The number of aliphatic hydroxyl groups is 4. The molecule has 0 aromatic rings. The average Bonchev–Trinajstić information content (AvgIpc) is 2.08. The lowest BCUT2D eigenvalue weighted by atomic mass is 9.95. The average molecular weight is 175 g/mol. The molecule has 70 valence electrons. The van der Waals surface area contributed by atoms with E-state index in [1.54, 1.807) is 6.92 Å². The van der Waals surface area contributed by atoms with Crippen molar-refractivity contribution in [3.05, 3.63) is 0 Å². The summed E-state index contributed by atoms with van der Waals surface area (Å²) >= 11 is 0. The molecule has 0 radical (unpaired) electrons. The van der Waals surface area contributed by atoms with E-state index in [-0.39, 0.29) is 6.61 Å². The standard InChI is InChI=1S/C7H13NO4/c1-3-5(10)7(12)6(11)4(2-9)8-3/h4-7,9-12H,2H2,1H3. The summed E-state index contributed by atoms with van der Waals surface area (Å²) in [6.45, 7) is 1.21. The van der Waals surface area contributed by atoms with Gasteiger partial charge in [-0.05, 0) is 6.92 Å². The van der Waals surface area contributed by atoms with Crippen molar-refractivity contribution >= 4 is 5.71 Å². The van der Waals surface area contributed by atoms with E-state index in [1.165, 1.54) is 0 Å². The van der Waals surface area contributed by atoms with E-state index in [0.717, 1.165) is 0 Å². The highest BCUT2D eigenvalue weighted by Crippen LogP contribution is 2.15. The Labute approximate surface area is 70.0 Å². The normalized spacial score (nSPS) is 42.6. The molecule has 4 N–H and O–H groups in total. The molecule has 1 rings (SSSR count). The quantitative estimate of drug-likeness (QED) is 0.367. The van der Waals surface area contributed by atoms with Crippen molar-refractivity contribution in [2.75, 3.05) is 6.61 Å². The first kappa shape index (κ1) is 9.60. The zero-order valence-electron chi connectivity index (χ0n) is 6.75. The molecule has 12 heavy (non-hydrogen) atoms. The monoisotopic (exact) mass is 175 g/mol. The number of hydrogen-bond acceptors (Lipinski definition) is 5. The van der Waals surface area contributed by atoms with Crippen LogP contribution in [0.2, 0.25) is 0 Å². The minimum Gasteiger partial charge on any atom is -0.394 e. The van der Waals surface area contributed by atoms with Crippen LogP contribution >= 0.6 is 0 Å². The van der Waals surface area contributed by atoms with Gasteiger partial charge in [-0.3, -0.25) is 4.99 Å². The van der Waals surface area contributed by atoms with E-state index in [4.69, 9.17) is 5.11 Å². The lowest BCUT2D eigenvalue weighted by Crippen LogP contribution is -2.52. The molecule has 4 atom stereocenters.